The molecule has 0 radical (unpaired) electrons. The summed E-state index contributed by atoms with van der Waals surface area (Å²) in [6, 6.07) is 29.9. The number of anilines is 4. The number of benzene rings is 5. The van der Waals surface area contributed by atoms with Crippen molar-refractivity contribution in [3.8, 4) is 34.5 Å². The molecule has 0 spiro atoms. The van der Waals surface area contributed by atoms with Crippen LogP contribution < -0.4 is 40.4 Å². The molecule has 5 aromatic carbocycles. The monoisotopic (exact) mass is 886 g/mol. The fourth-order valence-corrected chi connectivity index (χ4v) is 9.65. The van der Waals surface area contributed by atoms with Crippen molar-refractivity contribution < 1.29 is 54.5 Å². The Morgan fingerprint density at radius 3 is 1.10 bits per heavy atom. The average molecular weight is 887 g/mol. The van der Waals surface area contributed by atoms with Crippen molar-refractivity contribution in [2.24, 2.45) is 0 Å². The fourth-order valence-electron chi connectivity index (χ4n) is 5.80. The van der Waals surface area contributed by atoms with Crippen molar-refractivity contribution in [1.29, 1.82) is 0 Å². The molecule has 330 valence electrons. The van der Waals surface area contributed by atoms with Gasteiger partial charge in [-0.3, -0.25) is 9.59 Å². The smallest absolute Gasteiger partial charge is 0.478 e. The van der Waals surface area contributed by atoms with Crippen LogP contribution in [0.25, 0.3) is 0 Å². The van der Waals surface area contributed by atoms with Gasteiger partial charge in [0.25, 0.3) is 11.8 Å². The van der Waals surface area contributed by atoms with E-state index in [4.69, 9.17) is 56.3 Å². The molecule has 0 aliphatic carbocycles. The van der Waals surface area contributed by atoms with Crippen molar-refractivity contribution in [3.05, 3.63) is 120 Å². The maximum atomic E-state index is 13.3. The number of rotatable bonds is 24. The van der Waals surface area contributed by atoms with Crippen LogP contribution in [0.1, 0.15) is 62.3 Å². The minimum atomic E-state index is -3.74. The molecule has 0 saturated carbocycles. The lowest BCUT2D eigenvalue weighted by molar-refractivity contribution is 0.00883. The second kappa shape index (κ2) is 22.8. The van der Waals surface area contributed by atoms with Crippen molar-refractivity contribution in [1.82, 2.24) is 0 Å². The SMILES string of the molecule is CCO[Si](OCC)(OCC)Oc1cc(Oc2cccc(Oc3ccc(NC(=O)c4ccc(N)cc4)c(O[Si](OCC)(OCC)OCC)c3)c2)ccc1NC(=O)c1ccc(N)cc1. The van der Waals surface area contributed by atoms with Gasteiger partial charge >= 0.3 is 18.1 Å². The van der Waals surface area contributed by atoms with E-state index in [0.29, 0.717) is 56.9 Å². The Hall–Kier alpha value is -5.97. The van der Waals surface area contributed by atoms with Gasteiger partial charge in [-0.25, -0.2) is 0 Å². The number of hydrogen-bond acceptors (Lipinski definition) is 14. The molecule has 0 aromatic heterocycles. The number of carbonyl (C=O) groups is 2. The third kappa shape index (κ3) is 13.0. The van der Waals surface area contributed by atoms with E-state index in [9.17, 15) is 9.59 Å². The Kier molecular flexibility index (Phi) is 17.3. The summed E-state index contributed by atoms with van der Waals surface area (Å²) in [5, 5.41) is 5.81. The summed E-state index contributed by atoms with van der Waals surface area (Å²) in [6.07, 6.45) is 0. The Labute approximate surface area is 364 Å². The van der Waals surface area contributed by atoms with E-state index in [1.54, 1.807) is 109 Å². The summed E-state index contributed by atoms with van der Waals surface area (Å²) >= 11 is 0. The third-order valence-electron chi connectivity index (χ3n) is 8.42. The first-order chi connectivity index (χ1) is 30.0. The largest absolute Gasteiger partial charge is 0.749 e. The van der Waals surface area contributed by atoms with Crippen LogP contribution in [0.4, 0.5) is 22.7 Å². The number of hydrogen-bond donors (Lipinski definition) is 4. The third-order valence-corrected chi connectivity index (χ3v) is 13.2. The van der Waals surface area contributed by atoms with Crippen molar-refractivity contribution in [3.63, 3.8) is 0 Å². The molecule has 0 bridgehead atoms. The molecule has 0 heterocycles. The molecule has 0 aliphatic heterocycles. The lowest BCUT2D eigenvalue weighted by Crippen LogP contribution is -2.52. The van der Waals surface area contributed by atoms with Crippen molar-refractivity contribution >= 4 is 52.7 Å². The summed E-state index contributed by atoms with van der Waals surface area (Å²) in [5.41, 5.74) is 14.2. The molecule has 0 unspecified atom stereocenters. The van der Waals surface area contributed by atoms with Crippen LogP contribution >= 0.6 is 0 Å². The summed E-state index contributed by atoms with van der Waals surface area (Å²) in [6.45, 7) is 12.4. The van der Waals surface area contributed by atoms with Gasteiger partial charge in [-0.1, -0.05) is 6.07 Å². The topological polar surface area (TPSA) is 203 Å². The highest BCUT2D eigenvalue weighted by molar-refractivity contribution is 6.55. The Bertz CT molecular complexity index is 2050. The number of carbonyl (C=O) groups excluding carboxylic acids is 2. The molecule has 0 aliphatic rings. The highest BCUT2D eigenvalue weighted by atomic mass is 28.4. The molecular weight excluding hydrogens is 833 g/mol. The van der Waals surface area contributed by atoms with Gasteiger partial charge in [0.05, 0.1) is 11.4 Å². The van der Waals surface area contributed by atoms with Gasteiger partial charge in [0.2, 0.25) is 0 Å². The summed E-state index contributed by atoms with van der Waals surface area (Å²) in [4.78, 5) is 26.6. The molecule has 2 amide bonds. The highest BCUT2D eigenvalue weighted by Crippen LogP contribution is 2.38. The fraction of sp³-hybridized carbons (Fsp3) is 0.273. The number of nitrogens with one attached hydrogen (secondary N) is 2. The lowest BCUT2D eigenvalue weighted by Gasteiger charge is -2.28. The number of ether oxygens (including phenoxy) is 2. The van der Waals surface area contributed by atoms with E-state index in [0.717, 1.165) is 0 Å². The number of nitrogens with two attached hydrogens (primary N) is 2. The van der Waals surface area contributed by atoms with Crippen LogP contribution in [0, 0.1) is 0 Å². The van der Waals surface area contributed by atoms with E-state index < -0.39 is 29.9 Å². The van der Waals surface area contributed by atoms with Crippen LogP contribution in [-0.2, 0) is 26.6 Å². The van der Waals surface area contributed by atoms with E-state index in [1.165, 1.54) is 0 Å². The summed E-state index contributed by atoms with van der Waals surface area (Å²) in [5.74, 6) is 1.15. The highest BCUT2D eigenvalue weighted by Gasteiger charge is 2.49. The molecule has 18 heteroatoms. The standard InChI is InChI=1S/C44H54N4O12Si2/c1-7-51-61(52-8-2,53-9-3)59-41-29-37(24-26-39(41)47-43(49)31-16-20-33(45)21-17-31)57-35-14-13-15-36(28-35)58-38-25-27-40(48-44(50)32-18-22-34(46)23-19-32)42(30-38)60-62(54-10-4,55-11-5)56-12-6/h13-30H,7-12,45-46H2,1-6H3,(H,47,49)(H,48,50). The summed E-state index contributed by atoms with van der Waals surface area (Å²) < 4.78 is 61.2. The first kappa shape index (κ1) is 47.1. The molecule has 5 rings (SSSR count). The minimum Gasteiger partial charge on any atom is -0.478 e. The minimum absolute atomic E-state index is 0.197. The van der Waals surface area contributed by atoms with E-state index in [-0.39, 0.29) is 51.1 Å². The zero-order valence-electron chi connectivity index (χ0n) is 35.7. The molecule has 16 nitrogen and oxygen atoms in total. The molecule has 62 heavy (non-hydrogen) atoms. The van der Waals surface area contributed by atoms with Crippen LogP contribution in [-0.4, -0.2) is 69.6 Å². The normalized spacial score (nSPS) is 11.5. The first-order valence-electron chi connectivity index (χ1n) is 20.3. The molecule has 0 atom stereocenters. The Morgan fingerprint density at radius 1 is 0.452 bits per heavy atom. The number of amides is 2. The van der Waals surface area contributed by atoms with Crippen molar-refractivity contribution in [2.45, 2.75) is 41.5 Å². The first-order valence-corrected chi connectivity index (χ1v) is 23.5. The van der Waals surface area contributed by atoms with Crippen LogP contribution in [0.3, 0.4) is 0 Å². The lowest BCUT2D eigenvalue weighted by atomic mass is 10.2. The maximum Gasteiger partial charge on any atom is 0.749 e. The van der Waals surface area contributed by atoms with Crippen LogP contribution in [0.2, 0.25) is 0 Å². The quantitative estimate of drug-likeness (QED) is 0.0338. The summed E-state index contributed by atoms with van der Waals surface area (Å²) in [7, 11) is -7.48. The van der Waals surface area contributed by atoms with Gasteiger partial charge in [-0.15, -0.1) is 0 Å². The van der Waals surface area contributed by atoms with E-state index >= 15 is 0 Å². The second-order valence-corrected chi connectivity index (χ2v) is 17.1. The number of nitrogen functional groups attached to an aromatic ring is 2. The van der Waals surface area contributed by atoms with Gasteiger partial charge < -0.3 is 67.0 Å². The average Bonchev–Trinajstić information content (AvgIpc) is 3.24. The molecular formula is C44H54N4O12Si2. The zero-order chi connectivity index (χ0) is 44.5. The van der Waals surface area contributed by atoms with Gasteiger partial charge in [-0.2, -0.15) is 0 Å². The Balaban J connectivity index is 1.44. The van der Waals surface area contributed by atoms with Gasteiger partial charge in [-0.05, 0) is 126 Å². The van der Waals surface area contributed by atoms with Crippen LogP contribution in [0.15, 0.2) is 109 Å². The second-order valence-electron chi connectivity index (χ2n) is 12.9. The van der Waals surface area contributed by atoms with Crippen LogP contribution in [0.5, 0.6) is 34.5 Å². The Morgan fingerprint density at radius 2 is 0.774 bits per heavy atom. The maximum absolute atomic E-state index is 13.3. The molecule has 0 saturated heterocycles. The molecule has 0 fully saturated rings. The van der Waals surface area contributed by atoms with E-state index in [1.807, 2.05) is 41.5 Å². The van der Waals surface area contributed by atoms with Gasteiger partial charge in [0, 0.05) is 80.3 Å². The molecule has 5 aromatic rings. The zero-order valence-corrected chi connectivity index (χ0v) is 37.7. The van der Waals surface area contributed by atoms with E-state index in [2.05, 4.69) is 10.6 Å². The predicted molar refractivity (Wildman–Crippen MR) is 240 cm³/mol. The molecule has 6 N–H and O–H groups in total. The van der Waals surface area contributed by atoms with Gasteiger partial charge in [0.1, 0.15) is 34.5 Å². The van der Waals surface area contributed by atoms with Gasteiger partial charge in [0.15, 0.2) is 0 Å². The van der Waals surface area contributed by atoms with Crippen molar-refractivity contribution in [2.75, 3.05) is 61.7 Å². The predicted octanol–water partition coefficient (Wildman–Crippen LogP) is 8.79.